The zero-order valence-corrected chi connectivity index (χ0v) is 21.3. The molecule has 2 aliphatic heterocycles. The monoisotopic (exact) mass is 474 g/mol. The molecule has 0 aliphatic carbocycles. The van der Waals surface area contributed by atoms with E-state index in [0.717, 1.165) is 61.0 Å². The average Bonchev–Trinajstić information content (AvgIpc) is 3.57. The van der Waals surface area contributed by atoms with Crippen LogP contribution in [0.15, 0.2) is 52.8 Å². The van der Waals surface area contributed by atoms with Gasteiger partial charge in [0, 0.05) is 42.3 Å². The number of fused-ring (bicyclic) bond motifs is 1. The maximum Gasteiger partial charge on any atom is 0.186 e. The van der Waals surface area contributed by atoms with E-state index in [-0.39, 0.29) is 5.78 Å². The number of unbranched alkanes of at least 4 members (excludes halogenated alkanes) is 1. The number of para-hydroxylation sites is 1. The number of nitrogens with one attached hydrogen (secondary N) is 1. The summed E-state index contributed by atoms with van der Waals surface area (Å²) < 4.78 is 0. The van der Waals surface area contributed by atoms with Gasteiger partial charge in [0.05, 0.1) is 17.6 Å². The molecule has 0 amide bonds. The van der Waals surface area contributed by atoms with Crippen molar-refractivity contribution in [3.8, 4) is 0 Å². The number of hydrogen-bond acceptors (Lipinski definition) is 5. The van der Waals surface area contributed by atoms with Gasteiger partial charge in [-0.05, 0) is 54.4 Å². The lowest BCUT2D eigenvalue weighted by Crippen LogP contribution is -2.37. The lowest BCUT2D eigenvalue weighted by molar-refractivity contribution is 0.0962. The summed E-state index contributed by atoms with van der Waals surface area (Å²) in [4.78, 5) is 29.1. The lowest BCUT2D eigenvalue weighted by Gasteiger charge is -2.32. The van der Waals surface area contributed by atoms with Crippen LogP contribution in [-0.4, -0.2) is 41.1 Å². The Morgan fingerprint density at radius 1 is 1.32 bits per heavy atom. The fraction of sp³-hybridized carbons (Fsp3) is 0.464. The Kier molecular flexibility index (Phi) is 6.68. The minimum Gasteiger partial charge on any atom is -0.361 e. The number of H-pyrrole nitrogens is 1. The Morgan fingerprint density at radius 3 is 3.03 bits per heavy atom. The zero-order valence-electron chi connectivity index (χ0n) is 20.4. The molecular weight excluding hydrogens is 440 g/mol. The van der Waals surface area contributed by atoms with Crippen molar-refractivity contribution in [3.05, 3.63) is 58.2 Å². The number of aliphatic imine (C=N–C) groups is 1. The van der Waals surface area contributed by atoms with E-state index in [0.29, 0.717) is 18.3 Å². The van der Waals surface area contributed by atoms with Gasteiger partial charge in [-0.2, -0.15) is 0 Å². The Hall–Kier alpha value is -2.73. The molecule has 0 saturated heterocycles. The van der Waals surface area contributed by atoms with Crippen molar-refractivity contribution in [1.82, 2.24) is 9.97 Å². The van der Waals surface area contributed by atoms with Crippen LogP contribution in [0.5, 0.6) is 0 Å². The zero-order chi connectivity index (χ0) is 23.7. The Morgan fingerprint density at radius 2 is 2.18 bits per heavy atom. The van der Waals surface area contributed by atoms with Crippen LogP contribution in [0.4, 0.5) is 5.13 Å². The SMILES string of the molecule is CCCCC(CC(=O)c1cnc(N2CC3=C(CN=C3C)[C@@H](C)C2)s1)Cc1c[nH]c2ccccc12. The number of anilines is 1. The predicted octanol–water partition coefficient (Wildman–Crippen LogP) is 6.47. The predicted molar refractivity (Wildman–Crippen MR) is 142 cm³/mol. The fourth-order valence-electron chi connectivity index (χ4n) is 5.42. The van der Waals surface area contributed by atoms with Gasteiger partial charge in [0.2, 0.25) is 0 Å². The van der Waals surface area contributed by atoms with E-state index in [1.54, 1.807) is 17.5 Å². The van der Waals surface area contributed by atoms with Gasteiger partial charge in [-0.25, -0.2) is 4.98 Å². The highest BCUT2D eigenvalue weighted by Crippen LogP contribution is 2.34. The highest BCUT2D eigenvalue weighted by molar-refractivity contribution is 7.17. The lowest BCUT2D eigenvalue weighted by atomic mass is 9.89. The molecular formula is C28H34N4OS. The standard InChI is InChI=1S/C28H34N4OS/c1-4-5-8-20(11-21-13-30-25-10-7-6-9-22(21)25)12-26(33)27-15-31-28(34-27)32-16-18(2)23-14-29-19(3)24(23)17-32/h6-7,9-10,13,15,18,20,30H,4-5,8,11-12,14,16-17H2,1-3H3/t18-,20?/m0/s1. The first kappa shape index (κ1) is 23.0. The van der Waals surface area contributed by atoms with Crippen LogP contribution in [0.3, 0.4) is 0 Å². The first-order valence-electron chi connectivity index (χ1n) is 12.6. The topological polar surface area (TPSA) is 61.4 Å². The fourth-order valence-corrected chi connectivity index (χ4v) is 6.29. The number of ketones is 1. The second-order valence-electron chi connectivity index (χ2n) is 9.89. The Bertz CT molecular complexity index is 1250. The number of rotatable bonds is 9. The van der Waals surface area contributed by atoms with Crippen LogP contribution < -0.4 is 4.90 Å². The first-order valence-corrected chi connectivity index (χ1v) is 13.4. The second-order valence-corrected chi connectivity index (χ2v) is 10.9. The highest BCUT2D eigenvalue weighted by atomic mass is 32.1. The van der Waals surface area contributed by atoms with Crippen LogP contribution in [0.25, 0.3) is 10.9 Å². The van der Waals surface area contributed by atoms with Gasteiger partial charge in [0.15, 0.2) is 10.9 Å². The maximum absolute atomic E-state index is 13.3. The summed E-state index contributed by atoms with van der Waals surface area (Å²) in [5.74, 6) is 1.05. The van der Waals surface area contributed by atoms with Gasteiger partial charge in [0.25, 0.3) is 0 Å². The summed E-state index contributed by atoms with van der Waals surface area (Å²) in [6.07, 6.45) is 8.81. The molecule has 0 bridgehead atoms. The molecule has 6 heteroatoms. The summed E-state index contributed by atoms with van der Waals surface area (Å²) in [5.41, 5.74) is 6.50. The minimum absolute atomic E-state index is 0.230. The number of Topliss-reactive ketones (excluding diaryl/α,β-unsaturated/α-hetero) is 1. The molecule has 34 heavy (non-hydrogen) atoms. The number of thiazole rings is 1. The Labute approximate surface area is 206 Å². The summed E-state index contributed by atoms with van der Waals surface area (Å²) >= 11 is 1.56. The van der Waals surface area contributed by atoms with Crippen LogP contribution in [0.2, 0.25) is 0 Å². The molecule has 0 spiro atoms. The first-order chi connectivity index (χ1) is 16.5. The molecule has 5 rings (SSSR count). The third-order valence-corrected chi connectivity index (χ3v) is 8.51. The van der Waals surface area contributed by atoms with Crippen molar-refractivity contribution < 1.29 is 4.79 Å². The van der Waals surface area contributed by atoms with E-state index < -0.39 is 0 Å². The van der Waals surface area contributed by atoms with Crippen LogP contribution in [0, 0.1) is 11.8 Å². The third kappa shape index (κ3) is 4.61. The molecule has 178 valence electrons. The molecule has 3 aromatic rings. The number of hydrogen-bond donors (Lipinski definition) is 1. The van der Waals surface area contributed by atoms with Gasteiger partial charge >= 0.3 is 0 Å². The van der Waals surface area contributed by atoms with Gasteiger partial charge in [-0.1, -0.05) is 56.2 Å². The van der Waals surface area contributed by atoms with Crippen molar-refractivity contribution in [3.63, 3.8) is 0 Å². The molecule has 2 aliphatic rings. The molecule has 1 unspecified atom stereocenters. The molecule has 2 aromatic heterocycles. The molecule has 1 aromatic carbocycles. The van der Waals surface area contributed by atoms with Crippen molar-refractivity contribution in [2.75, 3.05) is 24.5 Å². The molecule has 0 saturated carbocycles. The van der Waals surface area contributed by atoms with E-state index >= 15 is 0 Å². The summed E-state index contributed by atoms with van der Waals surface area (Å²) in [6, 6.07) is 8.43. The van der Waals surface area contributed by atoms with Gasteiger partial charge in [-0.3, -0.25) is 9.79 Å². The number of nitrogens with zero attached hydrogens (tertiary/aromatic N) is 3. The van der Waals surface area contributed by atoms with Gasteiger partial charge in [0.1, 0.15) is 0 Å². The van der Waals surface area contributed by atoms with E-state index in [9.17, 15) is 4.79 Å². The number of benzene rings is 1. The van der Waals surface area contributed by atoms with E-state index in [1.807, 2.05) is 0 Å². The largest absolute Gasteiger partial charge is 0.361 e. The van der Waals surface area contributed by atoms with Crippen LogP contribution >= 0.6 is 11.3 Å². The van der Waals surface area contributed by atoms with E-state index in [4.69, 9.17) is 0 Å². The number of aromatic amines is 1. The van der Waals surface area contributed by atoms with Crippen molar-refractivity contribution in [2.24, 2.45) is 16.8 Å². The van der Waals surface area contributed by atoms with E-state index in [2.05, 4.69) is 71.1 Å². The second kappa shape index (κ2) is 9.87. The molecule has 2 atom stereocenters. The number of carbonyl (C=O) groups excluding carboxylic acids is 1. The summed E-state index contributed by atoms with van der Waals surface area (Å²) in [6.45, 7) is 9.26. The number of carbonyl (C=O) groups is 1. The normalized spacial score (nSPS) is 19.0. The molecule has 1 N–H and O–H groups in total. The van der Waals surface area contributed by atoms with Crippen LogP contribution in [0.1, 0.15) is 61.7 Å². The summed E-state index contributed by atoms with van der Waals surface area (Å²) in [5, 5.41) is 2.23. The van der Waals surface area contributed by atoms with Crippen molar-refractivity contribution in [2.45, 2.75) is 52.9 Å². The number of aromatic nitrogens is 2. The van der Waals surface area contributed by atoms with Crippen molar-refractivity contribution in [1.29, 1.82) is 0 Å². The smallest absolute Gasteiger partial charge is 0.186 e. The summed E-state index contributed by atoms with van der Waals surface area (Å²) in [7, 11) is 0. The Balaban J connectivity index is 1.28. The van der Waals surface area contributed by atoms with Crippen LogP contribution in [-0.2, 0) is 6.42 Å². The molecule has 0 fully saturated rings. The third-order valence-electron chi connectivity index (χ3n) is 7.41. The molecule has 5 nitrogen and oxygen atoms in total. The quantitative estimate of drug-likeness (QED) is 0.361. The molecule has 0 radical (unpaired) electrons. The molecule has 4 heterocycles. The maximum atomic E-state index is 13.3. The van der Waals surface area contributed by atoms with Crippen molar-refractivity contribution >= 4 is 38.9 Å². The van der Waals surface area contributed by atoms with Gasteiger partial charge < -0.3 is 9.88 Å². The highest BCUT2D eigenvalue weighted by Gasteiger charge is 2.30. The average molecular weight is 475 g/mol. The van der Waals surface area contributed by atoms with Gasteiger partial charge in [-0.15, -0.1) is 0 Å². The van der Waals surface area contributed by atoms with E-state index in [1.165, 1.54) is 27.6 Å². The minimum atomic E-state index is 0.230.